The normalized spacial score (nSPS) is 17.1. The molecule has 0 amide bonds. The van der Waals surface area contributed by atoms with Crippen molar-refractivity contribution >= 4 is 11.1 Å². The molecule has 4 heteroatoms. The van der Waals surface area contributed by atoms with Crippen molar-refractivity contribution in [2.24, 2.45) is 0 Å². The summed E-state index contributed by atoms with van der Waals surface area (Å²) in [5.74, 6) is 2.42. The Labute approximate surface area is 344 Å². The van der Waals surface area contributed by atoms with Gasteiger partial charge in [0.2, 0.25) is 0 Å². The Morgan fingerprint density at radius 2 is 1.32 bits per heavy atom. The van der Waals surface area contributed by atoms with Crippen molar-refractivity contribution in [1.82, 2.24) is 19.9 Å². The molecule has 0 spiro atoms. The van der Waals surface area contributed by atoms with Crippen LogP contribution in [0.5, 0.6) is 0 Å². The number of allylic oxidation sites excluding steroid dienone is 8. The van der Waals surface area contributed by atoms with E-state index in [4.69, 9.17) is 19.9 Å². The SMILES string of the molecule is CCCCCCCCC1(CCCCCCCC)C2=C(C=CC(c3ccc(-c4nc(-c5ccc(C6=CC=CCC6)cc5)nc(C(C)(C)C)n4)cn3)C2)c2ccccc21. The minimum absolute atomic E-state index is 0.123. The van der Waals surface area contributed by atoms with E-state index in [1.165, 1.54) is 112 Å². The predicted octanol–water partition coefficient (Wildman–Crippen LogP) is 14.9. The van der Waals surface area contributed by atoms with Gasteiger partial charge in [-0.2, -0.15) is 0 Å². The van der Waals surface area contributed by atoms with E-state index in [0.29, 0.717) is 11.6 Å². The topological polar surface area (TPSA) is 51.6 Å². The zero-order chi connectivity index (χ0) is 39.7. The fraction of sp³-hybridized carbons (Fsp3) is 0.472. The fourth-order valence-corrected chi connectivity index (χ4v) is 9.43. The van der Waals surface area contributed by atoms with Gasteiger partial charge in [-0.05, 0) is 72.1 Å². The van der Waals surface area contributed by atoms with Gasteiger partial charge in [-0.15, -0.1) is 0 Å². The Hall–Kier alpha value is -4.44. The van der Waals surface area contributed by atoms with Gasteiger partial charge in [0.25, 0.3) is 0 Å². The van der Waals surface area contributed by atoms with E-state index in [1.807, 2.05) is 6.20 Å². The summed E-state index contributed by atoms with van der Waals surface area (Å²) in [6, 6.07) is 22.5. The molecule has 2 heterocycles. The molecule has 0 aliphatic heterocycles. The average Bonchev–Trinajstić information content (AvgIpc) is 3.52. The predicted molar refractivity (Wildman–Crippen MR) is 241 cm³/mol. The second-order valence-corrected chi connectivity index (χ2v) is 18.0. The van der Waals surface area contributed by atoms with Gasteiger partial charge in [-0.1, -0.05) is 196 Å². The largest absolute Gasteiger partial charge is 0.260 e. The quantitative estimate of drug-likeness (QED) is 0.0948. The van der Waals surface area contributed by atoms with E-state index in [2.05, 4.69) is 126 Å². The summed E-state index contributed by atoms with van der Waals surface area (Å²) in [7, 11) is 0. The number of aromatic nitrogens is 4. The van der Waals surface area contributed by atoms with Gasteiger partial charge in [0.05, 0.1) is 0 Å². The zero-order valence-corrected chi connectivity index (χ0v) is 35.6. The summed E-state index contributed by atoms with van der Waals surface area (Å²) in [5, 5.41) is 0. The fourth-order valence-electron chi connectivity index (χ4n) is 9.43. The molecule has 3 aliphatic carbocycles. The van der Waals surface area contributed by atoms with Crippen molar-refractivity contribution in [1.29, 1.82) is 0 Å². The van der Waals surface area contributed by atoms with Gasteiger partial charge >= 0.3 is 0 Å². The van der Waals surface area contributed by atoms with Crippen LogP contribution in [0.2, 0.25) is 0 Å². The minimum atomic E-state index is -0.228. The molecular formula is C53H66N4. The molecule has 3 aliphatic rings. The molecule has 0 N–H and O–H groups in total. The third-order valence-corrected chi connectivity index (χ3v) is 12.7. The summed E-state index contributed by atoms with van der Waals surface area (Å²) in [4.78, 5) is 20.2. The monoisotopic (exact) mass is 759 g/mol. The van der Waals surface area contributed by atoms with Crippen LogP contribution in [-0.2, 0) is 10.8 Å². The van der Waals surface area contributed by atoms with Gasteiger partial charge in [0.15, 0.2) is 11.6 Å². The first-order chi connectivity index (χ1) is 27.8. The molecule has 57 heavy (non-hydrogen) atoms. The lowest BCUT2D eigenvalue weighted by molar-refractivity contribution is 0.377. The highest BCUT2D eigenvalue weighted by molar-refractivity contribution is 5.87. The first-order valence-corrected chi connectivity index (χ1v) is 22.5. The maximum absolute atomic E-state index is 5.17. The highest BCUT2D eigenvalue weighted by atomic mass is 15.0. The standard InChI is InChI=1S/C53H66N4/c1-6-8-10-12-14-21-35-53(36-22-15-13-11-9-7-2)46-26-20-19-25-44(46)45-33-31-42(37-47(45)53)48-34-32-43(38-54-48)50-55-49(56-51(57-50)52(3,4)5)41-29-27-40(28-30-41)39-23-17-16-18-24-39/h16-17,19-20,23,25-34,38,42H,6-15,18,21-22,24,35-37H2,1-5H3. The highest BCUT2D eigenvalue weighted by Gasteiger charge is 2.45. The highest BCUT2D eigenvalue weighted by Crippen LogP contribution is 2.57. The van der Waals surface area contributed by atoms with E-state index in [1.54, 1.807) is 11.1 Å². The molecular weight excluding hydrogens is 693 g/mol. The zero-order valence-electron chi connectivity index (χ0n) is 35.6. The summed E-state index contributed by atoms with van der Waals surface area (Å²) in [5.41, 5.74) is 11.8. The number of nitrogens with zero attached hydrogens (tertiary/aromatic N) is 4. The first kappa shape index (κ1) is 40.7. The third kappa shape index (κ3) is 9.48. The second-order valence-electron chi connectivity index (χ2n) is 18.0. The van der Waals surface area contributed by atoms with Crippen molar-refractivity contribution in [3.8, 4) is 22.8 Å². The minimum Gasteiger partial charge on any atom is -0.260 e. The lowest BCUT2D eigenvalue weighted by atomic mass is 9.67. The van der Waals surface area contributed by atoms with Crippen molar-refractivity contribution in [2.75, 3.05) is 0 Å². The van der Waals surface area contributed by atoms with Crippen molar-refractivity contribution in [3.63, 3.8) is 0 Å². The van der Waals surface area contributed by atoms with E-state index >= 15 is 0 Å². The Balaban J connectivity index is 1.14. The lowest BCUT2D eigenvalue weighted by Crippen LogP contribution is -2.28. The van der Waals surface area contributed by atoms with Gasteiger partial charge in [-0.25, -0.2) is 15.0 Å². The molecule has 4 nitrogen and oxygen atoms in total. The molecule has 0 fully saturated rings. The number of benzene rings is 2. The molecule has 7 rings (SSSR count). The average molecular weight is 759 g/mol. The molecule has 2 aromatic heterocycles. The number of fused-ring (bicyclic) bond motifs is 2. The summed E-state index contributed by atoms with van der Waals surface area (Å²) in [6.45, 7) is 11.1. The third-order valence-electron chi connectivity index (χ3n) is 12.7. The number of hydrogen-bond donors (Lipinski definition) is 0. The number of unbranched alkanes of at least 4 members (excludes halogenated alkanes) is 10. The lowest BCUT2D eigenvalue weighted by Gasteiger charge is -2.37. The van der Waals surface area contributed by atoms with Gasteiger partial charge in [-0.3, -0.25) is 4.98 Å². The molecule has 298 valence electrons. The molecule has 0 saturated carbocycles. The van der Waals surface area contributed by atoms with Crippen molar-refractivity contribution < 1.29 is 0 Å². The van der Waals surface area contributed by atoms with Crippen LogP contribution < -0.4 is 0 Å². The van der Waals surface area contributed by atoms with Crippen LogP contribution in [0.4, 0.5) is 0 Å². The van der Waals surface area contributed by atoms with Gasteiger partial charge in [0, 0.05) is 39.8 Å². The molecule has 0 saturated heterocycles. The Kier molecular flexibility index (Phi) is 13.5. The van der Waals surface area contributed by atoms with Gasteiger partial charge in [0.1, 0.15) is 5.82 Å². The van der Waals surface area contributed by atoms with Crippen LogP contribution in [0.25, 0.3) is 33.9 Å². The van der Waals surface area contributed by atoms with Crippen molar-refractivity contribution in [3.05, 3.63) is 131 Å². The van der Waals surface area contributed by atoms with E-state index in [-0.39, 0.29) is 16.7 Å². The van der Waals surface area contributed by atoms with Crippen LogP contribution >= 0.6 is 0 Å². The Morgan fingerprint density at radius 1 is 0.684 bits per heavy atom. The maximum Gasteiger partial charge on any atom is 0.165 e. The smallest absolute Gasteiger partial charge is 0.165 e. The summed E-state index contributed by atoms with van der Waals surface area (Å²) >= 11 is 0. The van der Waals surface area contributed by atoms with Crippen molar-refractivity contribution in [2.45, 2.75) is 161 Å². The van der Waals surface area contributed by atoms with Crippen LogP contribution in [0, 0.1) is 0 Å². The van der Waals surface area contributed by atoms with Crippen LogP contribution in [0.1, 0.15) is 178 Å². The molecule has 4 aromatic rings. The maximum atomic E-state index is 5.17. The molecule has 2 aromatic carbocycles. The second kappa shape index (κ2) is 18.9. The van der Waals surface area contributed by atoms with Crippen LogP contribution in [0.3, 0.4) is 0 Å². The first-order valence-electron chi connectivity index (χ1n) is 22.5. The van der Waals surface area contributed by atoms with Crippen LogP contribution in [-0.4, -0.2) is 19.9 Å². The Morgan fingerprint density at radius 3 is 1.95 bits per heavy atom. The van der Waals surface area contributed by atoms with Crippen LogP contribution in [0.15, 0.2) is 103 Å². The molecule has 0 bridgehead atoms. The number of hydrogen-bond acceptors (Lipinski definition) is 4. The summed E-state index contributed by atoms with van der Waals surface area (Å²) in [6.07, 6.45) is 35.2. The van der Waals surface area contributed by atoms with E-state index < -0.39 is 0 Å². The molecule has 1 unspecified atom stereocenters. The summed E-state index contributed by atoms with van der Waals surface area (Å²) < 4.78 is 0. The number of pyridine rings is 1. The Bertz CT molecular complexity index is 2060. The number of rotatable bonds is 18. The molecule has 1 atom stereocenters. The van der Waals surface area contributed by atoms with Gasteiger partial charge < -0.3 is 0 Å². The van der Waals surface area contributed by atoms with E-state index in [0.717, 1.165) is 41.9 Å². The van der Waals surface area contributed by atoms with E-state index in [9.17, 15) is 0 Å². The molecule has 0 radical (unpaired) electrons.